The highest BCUT2D eigenvalue weighted by Crippen LogP contribution is 2.17. The van der Waals surface area contributed by atoms with Crippen molar-refractivity contribution in [3.05, 3.63) is 15.9 Å². The average molecular weight is 288 g/mol. The van der Waals surface area contributed by atoms with E-state index in [1.807, 2.05) is 0 Å². The van der Waals surface area contributed by atoms with Crippen LogP contribution in [0.5, 0.6) is 0 Å². The lowest BCUT2D eigenvalue weighted by Gasteiger charge is -1.95. The fourth-order valence-corrected chi connectivity index (χ4v) is 1.59. The topological polar surface area (TPSA) is 54.5 Å². The molecular weight excluding hydrogens is 279 g/mol. The van der Waals surface area contributed by atoms with E-state index in [-0.39, 0.29) is 0 Å². The molecule has 2 aromatic rings. The monoisotopic (exact) mass is 288 g/mol. The number of nitrogens with one attached hydrogen (secondary N) is 1. The van der Waals surface area contributed by atoms with E-state index in [0.29, 0.717) is 5.92 Å². The Kier molecular flexibility index (Phi) is 2.19. The minimum atomic E-state index is 0.394. The van der Waals surface area contributed by atoms with Gasteiger partial charge < -0.3 is 4.98 Å². The van der Waals surface area contributed by atoms with E-state index in [9.17, 15) is 0 Å². The van der Waals surface area contributed by atoms with Gasteiger partial charge in [0.15, 0.2) is 5.65 Å². The second kappa shape index (κ2) is 3.21. The second-order valence-corrected chi connectivity index (χ2v) is 4.16. The number of imidazole rings is 1. The van der Waals surface area contributed by atoms with Crippen LogP contribution in [0.3, 0.4) is 0 Å². The standard InChI is InChI=1S/C8H9IN4/c1-4(2)7-12-5-6(9)10-3-11-8(5)13-7/h3-4H,1-2H3,(H,10,11,12,13). The highest BCUT2D eigenvalue weighted by Gasteiger charge is 2.09. The van der Waals surface area contributed by atoms with Gasteiger partial charge in [-0.3, -0.25) is 0 Å². The van der Waals surface area contributed by atoms with E-state index in [0.717, 1.165) is 20.7 Å². The summed E-state index contributed by atoms with van der Waals surface area (Å²) >= 11 is 2.17. The maximum absolute atomic E-state index is 4.36. The largest absolute Gasteiger partial charge is 0.338 e. The van der Waals surface area contributed by atoms with Gasteiger partial charge in [0.1, 0.15) is 21.4 Å². The van der Waals surface area contributed by atoms with Gasteiger partial charge in [0.05, 0.1) is 0 Å². The Balaban J connectivity index is 2.68. The smallest absolute Gasteiger partial charge is 0.181 e. The lowest BCUT2D eigenvalue weighted by molar-refractivity contribution is 0.798. The maximum atomic E-state index is 4.36. The molecule has 0 aliphatic rings. The molecule has 0 aromatic carbocycles. The Morgan fingerprint density at radius 3 is 2.77 bits per heavy atom. The van der Waals surface area contributed by atoms with Crippen molar-refractivity contribution in [3.63, 3.8) is 0 Å². The van der Waals surface area contributed by atoms with Crippen LogP contribution in [-0.2, 0) is 0 Å². The first-order valence-electron chi connectivity index (χ1n) is 4.04. The zero-order valence-electron chi connectivity index (χ0n) is 7.37. The summed E-state index contributed by atoms with van der Waals surface area (Å²) in [6.45, 7) is 4.19. The molecule has 0 unspecified atom stereocenters. The number of fused-ring (bicyclic) bond motifs is 1. The predicted molar refractivity (Wildman–Crippen MR) is 58.5 cm³/mol. The molecule has 0 radical (unpaired) electrons. The number of aromatic amines is 1. The second-order valence-electron chi connectivity index (χ2n) is 3.14. The fourth-order valence-electron chi connectivity index (χ4n) is 1.09. The van der Waals surface area contributed by atoms with Crippen LogP contribution in [0.15, 0.2) is 6.33 Å². The fraction of sp³-hybridized carbons (Fsp3) is 0.375. The number of hydrogen-bond acceptors (Lipinski definition) is 3. The molecule has 5 heteroatoms. The number of rotatable bonds is 1. The van der Waals surface area contributed by atoms with Crippen molar-refractivity contribution in [2.24, 2.45) is 0 Å². The van der Waals surface area contributed by atoms with Gasteiger partial charge in [0.2, 0.25) is 0 Å². The molecule has 68 valence electrons. The van der Waals surface area contributed by atoms with Crippen LogP contribution in [0.4, 0.5) is 0 Å². The van der Waals surface area contributed by atoms with Gasteiger partial charge in [0, 0.05) is 5.92 Å². The highest BCUT2D eigenvalue weighted by molar-refractivity contribution is 14.1. The number of nitrogens with zero attached hydrogens (tertiary/aromatic N) is 3. The third-order valence-electron chi connectivity index (χ3n) is 1.81. The first-order chi connectivity index (χ1) is 6.18. The first kappa shape index (κ1) is 8.86. The van der Waals surface area contributed by atoms with Gasteiger partial charge in [-0.15, -0.1) is 0 Å². The van der Waals surface area contributed by atoms with Crippen LogP contribution < -0.4 is 0 Å². The van der Waals surface area contributed by atoms with Gasteiger partial charge in [-0.25, -0.2) is 15.0 Å². The van der Waals surface area contributed by atoms with Crippen LogP contribution in [0.2, 0.25) is 0 Å². The molecule has 0 aliphatic carbocycles. The number of hydrogen-bond donors (Lipinski definition) is 1. The SMILES string of the molecule is CC(C)c1nc2ncnc(I)c2[nH]1. The summed E-state index contributed by atoms with van der Waals surface area (Å²) in [6, 6.07) is 0. The Morgan fingerprint density at radius 1 is 1.38 bits per heavy atom. The van der Waals surface area contributed by atoms with Crippen LogP contribution in [0.25, 0.3) is 11.2 Å². The third kappa shape index (κ3) is 1.52. The van der Waals surface area contributed by atoms with E-state index in [2.05, 4.69) is 56.4 Å². The van der Waals surface area contributed by atoms with E-state index in [4.69, 9.17) is 0 Å². The van der Waals surface area contributed by atoms with Crippen molar-refractivity contribution in [1.82, 2.24) is 19.9 Å². The summed E-state index contributed by atoms with van der Waals surface area (Å²) in [5.74, 6) is 1.36. The molecule has 13 heavy (non-hydrogen) atoms. The molecule has 0 atom stereocenters. The lowest BCUT2D eigenvalue weighted by Crippen LogP contribution is -1.88. The molecule has 2 rings (SSSR count). The third-order valence-corrected chi connectivity index (χ3v) is 2.63. The van der Waals surface area contributed by atoms with Crippen LogP contribution >= 0.6 is 22.6 Å². The van der Waals surface area contributed by atoms with E-state index in [1.165, 1.54) is 6.33 Å². The summed E-state index contributed by atoms with van der Waals surface area (Å²) in [4.78, 5) is 15.8. The molecule has 2 heterocycles. The minimum Gasteiger partial charge on any atom is -0.338 e. The quantitative estimate of drug-likeness (QED) is 0.645. The molecule has 0 saturated carbocycles. The van der Waals surface area contributed by atoms with Gasteiger partial charge in [-0.05, 0) is 22.6 Å². The average Bonchev–Trinajstić information content (AvgIpc) is 2.49. The molecule has 1 N–H and O–H groups in total. The first-order valence-corrected chi connectivity index (χ1v) is 5.12. The van der Waals surface area contributed by atoms with E-state index < -0.39 is 0 Å². The van der Waals surface area contributed by atoms with Crippen LogP contribution in [0, 0.1) is 3.70 Å². The van der Waals surface area contributed by atoms with Gasteiger partial charge in [-0.1, -0.05) is 13.8 Å². The Bertz CT molecular complexity index is 435. The zero-order valence-corrected chi connectivity index (χ0v) is 9.53. The summed E-state index contributed by atoms with van der Waals surface area (Å²) < 4.78 is 0.919. The lowest BCUT2D eigenvalue weighted by atomic mass is 10.2. The van der Waals surface area contributed by atoms with Crippen molar-refractivity contribution in [2.45, 2.75) is 19.8 Å². The van der Waals surface area contributed by atoms with Crippen molar-refractivity contribution >= 4 is 33.8 Å². The van der Waals surface area contributed by atoms with Crippen molar-refractivity contribution in [3.8, 4) is 0 Å². The summed E-state index contributed by atoms with van der Waals surface area (Å²) in [7, 11) is 0. The van der Waals surface area contributed by atoms with Crippen molar-refractivity contribution in [1.29, 1.82) is 0 Å². The molecule has 4 nitrogen and oxygen atoms in total. The van der Waals surface area contributed by atoms with E-state index in [1.54, 1.807) is 0 Å². The van der Waals surface area contributed by atoms with Crippen molar-refractivity contribution in [2.75, 3.05) is 0 Å². The number of aromatic nitrogens is 4. The molecular formula is C8H9IN4. The summed E-state index contributed by atoms with van der Waals surface area (Å²) in [5, 5.41) is 0. The summed E-state index contributed by atoms with van der Waals surface area (Å²) in [6.07, 6.45) is 1.54. The van der Waals surface area contributed by atoms with Gasteiger partial charge in [-0.2, -0.15) is 0 Å². The van der Waals surface area contributed by atoms with E-state index >= 15 is 0 Å². The number of halogens is 1. The maximum Gasteiger partial charge on any atom is 0.181 e. The summed E-state index contributed by atoms with van der Waals surface area (Å²) in [5.41, 5.74) is 1.69. The molecule has 0 aliphatic heterocycles. The zero-order chi connectivity index (χ0) is 9.42. The molecule has 0 spiro atoms. The number of H-pyrrole nitrogens is 1. The molecule has 0 amide bonds. The van der Waals surface area contributed by atoms with Crippen molar-refractivity contribution < 1.29 is 0 Å². The Hall–Kier alpha value is -0.720. The molecule has 2 aromatic heterocycles. The molecule has 0 bridgehead atoms. The Labute approximate surface area is 89.3 Å². The normalized spacial score (nSPS) is 11.4. The minimum absolute atomic E-state index is 0.394. The molecule has 0 fully saturated rings. The van der Waals surface area contributed by atoms with Gasteiger partial charge >= 0.3 is 0 Å². The predicted octanol–water partition coefficient (Wildman–Crippen LogP) is 2.08. The van der Waals surface area contributed by atoms with Crippen LogP contribution in [-0.4, -0.2) is 19.9 Å². The van der Waals surface area contributed by atoms with Gasteiger partial charge in [0.25, 0.3) is 0 Å². The highest BCUT2D eigenvalue weighted by atomic mass is 127. The Morgan fingerprint density at radius 2 is 2.15 bits per heavy atom. The molecule has 0 saturated heterocycles. The van der Waals surface area contributed by atoms with Crippen LogP contribution in [0.1, 0.15) is 25.6 Å².